The topological polar surface area (TPSA) is 87.2 Å². The summed E-state index contributed by atoms with van der Waals surface area (Å²) in [7, 11) is 0. The number of rotatable bonds is 3. The van der Waals surface area contributed by atoms with E-state index in [2.05, 4.69) is 20.5 Å². The largest absolute Gasteiger partial charge is 0.312 e. The number of carbonyl (C=O) groups is 1. The van der Waals surface area contributed by atoms with Gasteiger partial charge in [0.1, 0.15) is 5.56 Å². The van der Waals surface area contributed by atoms with Crippen molar-refractivity contribution in [2.75, 3.05) is 0 Å². The highest BCUT2D eigenvalue weighted by Crippen LogP contribution is 1.99. The molecule has 1 aromatic heterocycles. The molecule has 2 aromatic rings. The normalized spacial score (nSPS) is 10.6. The number of carbonyl (C=O) groups excluding carboxylic acids is 1. The minimum atomic E-state index is -0.599. The van der Waals surface area contributed by atoms with Gasteiger partial charge < -0.3 is 4.98 Å². The van der Waals surface area contributed by atoms with E-state index in [1.807, 2.05) is 31.2 Å². The fraction of sp³-hybridized carbons (Fsp3) is 0.0769. The highest BCUT2D eigenvalue weighted by Gasteiger charge is 2.08. The predicted molar refractivity (Wildman–Crippen MR) is 71.1 cm³/mol. The van der Waals surface area contributed by atoms with Crippen LogP contribution in [0.25, 0.3) is 0 Å². The number of hydrogen-bond donors (Lipinski definition) is 2. The van der Waals surface area contributed by atoms with E-state index in [0.717, 1.165) is 11.1 Å². The second-order valence-electron chi connectivity index (χ2n) is 3.90. The average molecular weight is 256 g/mol. The van der Waals surface area contributed by atoms with Gasteiger partial charge in [0.15, 0.2) is 0 Å². The third-order valence-corrected chi connectivity index (χ3v) is 2.42. The maximum Gasteiger partial charge on any atom is 0.278 e. The van der Waals surface area contributed by atoms with Crippen molar-refractivity contribution in [2.24, 2.45) is 5.10 Å². The van der Waals surface area contributed by atoms with Crippen LogP contribution in [-0.2, 0) is 0 Å². The number of aromatic amines is 1. The van der Waals surface area contributed by atoms with Gasteiger partial charge in [0, 0.05) is 6.20 Å². The summed E-state index contributed by atoms with van der Waals surface area (Å²) in [6, 6.07) is 7.63. The molecule has 0 bridgehead atoms. The highest BCUT2D eigenvalue weighted by molar-refractivity contribution is 5.94. The molecule has 0 radical (unpaired) electrons. The Kier molecular flexibility index (Phi) is 3.82. The average Bonchev–Trinajstić information content (AvgIpc) is 2.41. The summed E-state index contributed by atoms with van der Waals surface area (Å²) < 4.78 is 0. The molecule has 6 heteroatoms. The summed E-state index contributed by atoms with van der Waals surface area (Å²) in [5.41, 5.74) is 3.69. The Morgan fingerprint density at radius 1 is 1.37 bits per heavy atom. The molecule has 96 valence electrons. The second-order valence-corrected chi connectivity index (χ2v) is 3.90. The van der Waals surface area contributed by atoms with Gasteiger partial charge in [0.05, 0.1) is 12.5 Å². The van der Waals surface area contributed by atoms with Crippen LogP contribution in [0.1, 0.15) is 21.5 Å². The Labute approximate surface area is 109 Å². The number of hydrogen-bond acceptors (Lipinski definition) is 4. The first kappa shape index (κ1) is 12.7. The van der Waals surface area contributed by atoms with Crippen LogP contribution in [0, 0.1) is 6.92 Å². The van der Waals surface area contributed by atoms with Crippen molar-refractivity contribution in [1.82, 2.24) is 15.4 Å². The molecule has 2 N–H and O–H groups in total. The lowest BCUT2D eigenvalue weighted by Gasteiger charge is -1.98. The molecule has 0 spiro atoms. The minimum Gasteiger partial charge on any atom is -0.312 e. The van der Waals surface area contributed by atoms with Crippen LogP contribution >= 0.6 is 0 Å². The maximum atomic E-state index is 11.6. The quantitative estimate of drug-likeness (QED) is 0.630. The van der Waals surface area contributed by atoms with Gasteiger partial charge >= 0.3 is 0 Å². The van der Waals surface area contributed by atoms with E-state index in [0.29, 0.717) is 0 Å². The number of nitrogens with zero attached hydrogens (tertiary/aromatic N) is 2. The highest BCUT2D eigenvalue weighted by atomic mass is 16.2. The van der Waals surface area contributed by atoms with Gasteiger partial charge in [0.25, 0.3) is 11.5 Å². The number of aryl methyl sites for hydroxylation is 1. The van der Waals surface area contributed by atoms with Crippen LogP contribution in [-0.4, -0.2) is 22.1 Å². The van der Waals surface area contributed by atoms with Gasteiger partial charge in [-0.25, -0.2) is 10.4 Å². The van der Waals surface area contributed by atoms with Crippen molar-refractivity contribution >= 4 is 12.1 Å². The van der Waals surface area contributed by atoms with Crippen LogP contribution in [0.4, 0.5) is 0 Å². The molecule has 0 unspecified atom stereocenters. The number of nitrogens with one attached hydrogen (secondary N) is 2. The van der Waals surface area contributed by atoms with E-state index in [4.69, 9.17) is 0 Å². The SMILES string of the molecule is Cc1ccc(/C=N\NC(=O)c2cnc[nH]c2=O)cc1. The molecule has 19 heavy (non-hydrogen) atoms. The Bertz CT molecular complexity index is 659. The molecule has 0 aliphatic rings. The molecule has 0 aliphatic heterocycles. The van der Waals surface area contributed by atoms with Crippen molar-refractivity contribution in [1.29, 1.82) is 0 Å². The second kappa shape index (κ2) is 5.72. The zero-order valence-electron chi connectivity index (χ0n) is 10.3. The van der Waals surface area contributed by atoms with Gasteiger partial charge in [-0.15, -0.1) is 0 Å². The van der Waals surface area contributed by atoms with Crippen molar-refractivity contribution in [3.8, 4) is 0 Å². The van der Waals surface area contributed by atoms with Crippen LogP contribution in [0.5, 0.6) is 0 Å². The molecule has 1 heterocycles. The van der Waals surface area contributed by atoms with Gasteiger partial charge in [-0.05, 0) is 12.5 Å². The molecule has 0 atom stereocenters. The van der Waals surface area contributed by atoms with Crippen LogP contribution in [0.15, 0.2) is 46.7 Å². The zero-order chi connectivity index (χ0) is 13.7. The van der Waals surface area contributed by atoms with Crippen molar-refractivity contribution in [3.63, 3.8) is 0 Å². The van der Waals surface area contributed by atoms with E-state index in [-0.39, 0.29) is 5.56 Å². The lowest BCUT2D eigenvalue weighted by atomic mass is 10.2. The number of H-pyrrole nitrogens is 1. The van der Waals surface area contributed by atoms with Crippen LogP contribution in [0.3, 0.4) is 0 Å². The van der Waals surface area contributed by atoms with Crippen LogP contribution in [0.2, 0.25) is 0 Å². The van der Waals surface area contributed by atoms with Crippen molar-refractivity contribution in [3.05, 3.63) is 63.8 Å². The molecule has 0 aliphatic carbocycles. The first-order valence-corrected chi connectivity index (χ1v) is 5.59. The van der Waals surface area contributed by atoms with Gasteiger partial charge in [-0.2, -0.15) is 5.10 Å². The number of benzene rings is 1. The molecule has 0 saturated carbocycles. The number of aromatic nitrogens is 2. The van der Waals surface area contributed by atoms with Crippen molar-refractivity contribution in [2.45, 2.75) is 6.92 Å². The predicted octanol–water partition coefficient (Wildman–Crippen LogP) is 0.842. The third-order valence-electron chi connectivity index (χ3n) is 2.42. The standard InChI is InChI=1S/C13H12N4O2/c1-9-2-4-10(5-3-9)6-16-17-13(19)11-7-14-8-15-12(11)18/h2-8H,1H3,(H,17,19)(H,14,15,18)/b16-6-. The lowest BCUT2D eigenvalue weighted by Crippen LogP contribution is -2.26. The molecular weight excluding hydrogens is 244 g/mol. The monoisotopic (exact) mass is 256 g/mol. The zero-order valence-corrected chi connectivity index (χ0v) is 10.3. The first-order chi connectivity index (χ1) is 9.16. The molecule has 0 fully saturated rings. The van der Waals surface area contributed by atoms with Crippen molar-refractivity contribution < 1.29 is 4.79 Å². The molecule has 1 aromatic carbocycles. The Balaban J connectivity index is 2.03. The van der Waals surface area contributed by atoms with Crippen LogP contribution < -0.4 is 11.0 Å². The van der Waals surface area contributed by atoms with E-state index in [1.165, 1.54) is 18.7 Å². The molecule has 2 rings (SSSR count). The summed E-state index contributed by atoms with van der Waals surface area (Å²) in [5.74, 6) is -0.599. The third kappa shape index (κ3) is 3.35. The molecule has 1 amide bonds. The molecule has 6 nitrogen and oxygen atoms in total. The van der Waals surface area contributed by atoms with E-state index in [1.54, 1.807) is 0 Å². The van der Waals surface area contributed by atoms with E-state index in [9.17, 15) is 9.59 Å². The maximum absolute atomic E-state index is 11.6. The summed E-state index contributed by atoms with van der Waals surface area (Å²) in [6.07, 6.45) is 3.91. The minimum absolute atomic E-state index is 0.0800. The Morgan fingerprint density at radius 3 is 2.79 bits per heavy atom. The Morgan fingerprint density at radius 2 is 2.11 bits per heavy atom. The number of hydrazone groups is 1. The number of amides is 1. The summed E-state index contributed by atoms with van der Waals surface area (Å²) in [5, 5.41) is 3.78. The van der Waals surface area contributed by atoms with Gasteiger partial charge in [-0.3, -0.25) is 9.59 Å². The fourth-order valence-corrected chi connectivity index (χ4v) is 1.38. The summed E-state index contributed by atoms with van der Waals surface area (Å²) >= 11 is 0. The molecule has 0 saturated heterocycles. The molecular formula is C13H12N4O2. The Hall–Kier alpha value is -2.76. The summed E-state index contributed by atoms with van der Waals surface area (Å²) in [6.45, 7) is 1.98. The van der Waals surface area contributed by atoms with Gasteiger partial charge in [0.2, 0.25) is 0 Å². The van der Waals surface area contributed by atoms with E-state index >= 15 is 0 Å². The fourth-order valence-electron chi connectivity index (χ4n) is 1.38. The lowest BCUT2D eigenvalue weighted by molar-refractivity contribution is 0.0953. The smallest absolute Gasteiger partial charge is 0.278 e. The summed E-state index contributed by atoms with van der Waals surface area (Å²) in [4.78, 5) is 28.9. The first-order valence-electron chi connectivity index (χ1n) is 5.59. The van der Waals surface area contributed by atoms with E-state index < -0.39 is 11.5 Å². The van der Waals surface area contributed by atoms with Gasteiger partial charge in [-0.1, -0.05) is 29.8 Å².